The van der Waals surface area contributed by atoms with Gasteiger partial charge in [-0.3, -0.25) is 9.88 Å². The summed E-state index contributed by atoms with van der Waals surface area (Å²) in [6.07, 6.45) is 4.58. The quantitative estimate of drug-likeness (QED) is 0.737. The molecule has 0 atom stereocenters. The molecule has 0 unspecified atom stereocenters. The molecule has 0 radical (unpaired) electrons. The Morgan fingerprint density at radius 1 is 1.44 bits per heavy atom. The minimum Gasteiger partial charge on any atom is -0.325 e. The summed E-state index contributed by atoms with van der Waals surface area (Å²) >= 11 is 0. The molecule has 3 nitrogen and oxygen atoms in total. The normalized spacial score (nSPS) is 15.4. The molecule has 0 amide bonds. The van der Waals surface area contributed by atoms with E-state index in [1.807, 2.05) is 18.2 Å². The third kappa shape index (κ3) is 2.90. The molecule has 1 aromatic heterocycles. The van der Waals surface area contributed by atoms with Crippen LogP contribution in [0, 0.1) is 0 Å². The highest BCUT2D eigenvalue weighted by molar-refractivity contribution is 5.11. The van der Waals surface area contributed by atoms with Gasteiger partial charge in [-0.25, -0.2) is 0 Å². The molecule has 1 aliphatic carbocycles. The van der Waals surface area contributed by atoms with E-state index < -0.39 is 0 Å². The standard InChI is InChI=1S/C13H19N3/c1-2-8-16(13-6-7-13)10-12-5-3-4-11(9-14)15-12/h2-5,13H,1,6-10,14H2. The summed E-state index contributed by atoms with van der Waals surface area (Å²) in [6, 6.07) is 6.81. The second-order valence-corrected chi connectivity index (χ2v) is 4.27. The predicted molar refractivity (Wildman–Crippen MR) is 65.8 cm³/mol. The van der Waals surface area contributed by atoms with Crippen molar-refractivity contribution < 1.29 is 0 Å². The van der Waals surface area contributed by atoms with Gasteiger partial charge in [-0.05, 0) is 25.0 Å². The SMILES string of the molecule is C=CCN(Cc1cccc(CN)n1)C1CC1. The molecule has 1 fully saturated rings. The van der Waals surface area contributed by atoms with Gasteiger partial charge in [-0.2, -0.15) is 0 Å². The molecule has 86 valence electrons. The Kier molecular flexibility index (Phi) is 3.70. The molecule has 0 spiro atoms. The Balaban J connectivity index is 2.02. The average molecular weight is 217 g/mol. The molecule has 2 N–H and O–H groups in total. The van der Waals surface area contributed by atoms with Crippen LogP contribution in [0.1, 0.15) is 24.2 Å². The molecule has 1 heterocycles. The van der Waals surface area contributed by atoms with Crippen LogP contribution in [0.15, 0.2) is 30.9 Å². The fourth-order valence-corrected chi connectivity index (χ4v) is 1.89. The van der Waals surface area contributed by atoms with Crippen molar-refractivity contribution in [3.05, 3.63) is 42.2 Å². The van der Waals surface area contributed by atoms with E-state index in [2.05, 4.69) is 22.5 Å². The van der Waals surface area contributed by atoms with E-state index in [1.165, 1.54) is 12.8 Å². The zero-order valence-corrected chi connectivity index (χ0v) is 9.60. The molecule has 0 bridgehead atoms. The van der Waals surface area contributed by atoms with Gasteiger partial charge in [0, 0.05) is 25.7 Å². The molecule has 16 heavy (non-hydrogen) atoms. The summed E-state index contributed by atoms with van der Waals surface area (Å²) in [5.74, 6) is 0. The smallest absolute Gasteiger partial charge is 0.0548 e. The first-order valence-corrected chi connectivity index (χ1v) is 5.83. The lowest BCUT2D eigenvalue weighted by Crippen LogP contribution is -2.26. The molecule has 3 heteroatoms. The summed E-state index contributed by atoms with van der Waals surface area (Å²) in [7, 11) is 0. The van der Waals surface area contributed by atoms with E-state index in [-0.39, 0.29) is 0 Å². The molecular weight excluding hydrogens is 198 g/mol. The van der Waals surface area contributed by atoms with Gasteiger partial charge in [0.05, 0.1) is 11.4 Å². The maximum absolute atomic E-state index is 5.59. The lowest BCUT2D eigenvalue weighted by Gasteiger charge is -2.19. The molecular formula is C13H19N3. The summed E-state index contributed by atoms with van der Waals surface area (Å²) < 4.78 is 0. The maximum atomic E-state index is 5.59. The maximum Gasteiger partial charge on any atom is 0.0548 e. The third-order valence-corrected chi connectivity index (χ3v) is 2.87. The number of nitrogens with zero attached hydrogens (tertiary/aromatic N) is 2. The first kappa shape index (κ1) is 11.3. The van der Waals surface area contributed by atoms with Gasteiger partial charge in [-0.1, -0.05) is 12.1 Å². The van der Waals surface area contributed by atoms with Crippen molar-refractivity contribution in [3.63, 3.8) is 0 Å². The number of hydrogen-bond donors (Lipinski definition) is 1. The molecule has 1 aromatic rings. The fraction of sp³-hybridized carbons (Fsp3) is 0.462. The van der Waals surface area contributed by atoms with Crippen LogP contribution in [0.2, 0.25) is 0 Å². The second kappa shape index (κ2) is 5.23. The predicted octanol–water partition coefficient (Wildman–Crippen LogP) is 1.69. The van der Waals surface area contributed by atoms with Crippen molar-refractivity contribution in [2.24, 2.45) is 5.73 Å². The number of nitrogens with two attached hydrogens (primary N) is 1. The van der Waals surface area contributed by atoms with Crippen molar-refractivity contribution in [1.82, 2.24) is 9.88 Å². The summed E-state index contributed by atoms with van der Waals surface area (Å²) in [6.45, 7) is 6.17. The van der Waals surface area contributed by atoms with Crippen molar-refractivity contribution in [1.29, 1.82) is 0 Å². The van der Waals surface area contributed by atoms with Crippen LogP contribution in [0.5, 0.6) is 0 Å². The first-order chi connectivity index (χ1) is 7.83. The minimum absolute atomic E-state index is 0.513. The highest BCUT2D eigenvalue weighted by atomic mass is 15.2. The summed E-state index contributed by atoms with van der Waals surface area (Å²) in [5.41, 5.74) is 7.66. The topological polar surface area (TPSA) is 42.1 Å². The molecule has 0 aliphatic heterocycles. The highest BCUT2D eigenvalue weighted by Crippen LogP contribution is 2.27. The van der Waals surface area contributed by atoms with E-state index in [9.17, 15) is 0 Å². The van der Waals surface area contributed by atoms with Gasteiger partial charge in [0.2, 0.25) is 0 Å². The van der Waals surface area contributed by atoms with Crippen LogP contribution in [0.4, 0.5) is 0 Å². The van der Waals surface area contributed by atoms with Gasteiger partial charge in [0.1, 0.15) is 0 Å². The van der Waals surface area contributed by atoms with Gasteiger partial charge in [0.15, 0.2) is 0 Å². The zero-order chi connectivity index (χ0) is 11.4. The Bertz CT molecular complexity index is 358. The van der Waals surface area contributed by atoms with Gasteiger partial charge in [0.25, 0.3) is 0 Å². The largest absolute Gasteiger partial charge is 0.325 e. The van der Waals surface area contributed by atoms with Gasteiger partial charge >= 0.3 is 0 Å². The Labute approximate surface area is 97.0 Å². The van der Waals surface area contributed by atoms with Gasteiger partial charge < -0.3 is 5.73 Å². The van der Waals surface area contributed by atoms with Crippen molar-refractivity contribution in [2.75, 3.05) is 6.54 Å². The Morgan fingerprint density at radius 3 is 2.81 bits per heavy atom. The van der Waals surface area contributed by atoms with Gasteiger partial charge in [-0.15, -0.1) is 6.58 Å². The van der Waals surface area contributed by atoms with E-state index in [0.717, 1.165) is 30.5 Å². The Morgan fingerprint density at radius 2 is 2.19 bits per heavy atom. The third-order valence-electron chi connectivity index (χ3n) is 2.87. The Hall–Kier alpha value is -1.19. The fourth-order valence-electron chi connectivity index (χ4n) is 1.89. The van der Waals surface area contributed by atoms with Crippen LogP contribution < -0.4 is 5.73 Å². The van der Waals surface area contributed by atoms with Crippen LogP contribution in [0.3, 0.4) is 0 Å². The van der Waals surface area contributed by atoms with Crippen LogP contribution in [0.25, 0.3) is 0 Å². The summed E-state index contributed by atoms with van der Waals surface area (Å²) in [4.78, 5) is 6.95. The lowest BCUT2D eigenvalue weighted by atomic mass is 10.2. The highest BCUT2D eigenvalue weighted by Gasteiger charge is 2.28. The average Bonchev–Trinajstić information content (AvgIpc) is 3.13. The number of pyridine rings is 1. The second-order valence-electron chi connectivity index (χ2n) is 4.27. The minimum atomic E-state index is 0.513. The lowest BCUT2D eigenvalue weighted by molar-refractivity contribution is 0.280. The van der Waals surface area contributed by atoms with E-state index in [0.29, 0.717) is 6.54 Å². The van der Waals surface area contributed by atoms with Crippen LogP contribution in [-0.4, -0.2) is 22.5 Å². The number of rotatable bonds is 6. The van der Waals surface area contributed by atoms with Crippen molar-refractivity contribution >= 4 is 0 Å². The molecule has 0 aromatic carbocycles. The zero-order valence-electron chi connectivity index (χ0n) is 9.60. The van der Waals surface area contributed by atoms with E-state index >= 15 is 0 Å². The molecule has 1 saturated carbocycles. The van der Waals surface area contributed by atoms with Crippen LogP contribution >= 0.6 is 0 Å². The molecule has 2 rings (SSSR count). The van der Waals surface area contributed by atoms with Crippen molar-refractivity contribution in [2.45, 2.75) is 32.0 Å². The number of hydrogen-bond acceptors (Lipinski definition) is 3. The number of aromatic nitrogens is 1. The molecule has 0 saturated heterocycles. The van der Waals surface area contributed by atoms with Crippen LogP contribution in [-0.2, 0) is 13.1 Å². The van der Waals surface area contributed by atoms with Crippen molar-refractivity contribution in [3.8, 4) is 0 Å². The first-order valence-electron chi connectivity index (χ1n) is 5.83. The monoisotopic (exact) mass is 217 g/mol. The van der Waals surface area contributed by atoms with E-state index in [1.54, 1.807) is 0 Å². The molecule has 1 aliphatic rings. The van der Waals surface area contributed by atoms with E-state index in [4.69, 9.17) is 5.73 Å². The summed E-state index contributed by atoms with van der Waals surface area (Å²) in [5, 5.41) is 0.